The predicted octanol–water partition coefficient (Wildman–Crippen LogP) is 6.69. The molecule has 0 N–H and O–H groups in total. The van der Waals surface area contributed by atoms with Crippen molar-refractivity contribution in [1.29, 1.82) is 0 Å². The van der Waals surface area contributed by atoms with Crippen LogP contribution < -0.4 is 38.2 Å². The fourth-order valence-corrected chi connectivity index (χ4v) is 11.7. The third-order valence-electron chi connectivity index (χ3n) is 10.8. The summed E-state index contributed by atoms with van der Waals surface area (Å²) in [6.07, 6.45) is 0. The largest absolute Gasteiger partial charge is 0.497 e. The molecule has 0 aliphatic carbocycles. The summed E-state index contributed by atoms with van der Waals surface area (Å²) < 4.78 is 86.7. The summed E-state index contributed by atoms with van der Waals surface area (Å²) in [4.78, 5) is 14.3. The van der Waals surface area contributed by atoms with Crippen LogP contribution in [0.2, 0.25) is 0 Å². The Labute approximate surface area is 382 Å². The van der Waals surface area contributed by atoms with E-state index in [1.165, 1.54) is 31.3 Å². The van der Waals surface area contributed by atoms with Crippen molar-refractivity contribution in [1.82, 2.24) is 18.6 Å². The first-order valence-electron chi connectivity index (χ1n) is 20.1. The highest BCUT2D eigenvalue weighted by molar-refractivity contribution is 7.89. The average molecular weight is 951 g/mol. The van der Waals surface area contributed by atoms with E-state index in [0.717, 1.165) is 50.0 Å². The van der Waals surface area contributed by atoms with Crippen LogP contribution in [0.15, 0.2) is 105 Å². The first-order valence-corrected chi connectivity index (χ1v) is 24.7. The Morgan fingerprint density at radius 3 is 1.25 bits per heavy atom. The lowest BCUT2D eigenvalue weighted by Gasteiger charge is -2.33. The van der Waals surface area contributed by atoms with Gasteiger partial charge in [-0.05, 0) is 78.9 Å². The molecule has 16 nitrogen and oxygen atoms in total. The van der Waals surface area contributed by atoms with E-state index in [0.29, 0.717) is 69.6 Å². The second-order valence-electron chi connectivity index (χ2n) is 14.3. The Kier molecular flexibility index (Phi) is 14.8. The Balaban J connectivity index is 0.000000191. The molecule has 0 saturated carbocycles. The Bertz CT molecular complexity index is 2720. The highest BCUT2D eigenvalue weighted by Gasteiger charge is 2.31. The van der Waals surface area contributed by atoms with Crippen molar-refractivity contribution in [3.8, 4) is 57.0 Å². The smallest absolute Gasteiger partial charge is 0.243 e. The van der Waals surface area contributed by atoms with Crippen molar-refractivity contribution in [2.24, 2.45) is 0 Å². The van der Waals surface area contributed by atoms with Crippen LogP contribution in [-0.4, -0.2) is 130 Å². The molecule has 2 saturated heterocycles. The summed E-state index contributed by atoms with van der Waals surface area (Å²) in [5, 5.41) is 5.68. The van der Waals surface area contributed by atoms with Gasteiger partial charge in [0, 0.05) is 80.3 Å². The number of benzene rings is 4. The van der Waals surface area contributed by atoms with Gasteiger partial charge in [0.25, 0.3) is 0 Å². The summed E-state index contributed by atoms with van der Waals surface area (Å²) in [5.41, 5.74) is 3.36. The zero-order valence-corrected chi connectivity index (χ0v) is 39.6. The van der Waals surface area contributed by atoms with Gasteiger partial charge < -0.3 is 38.2 Å². The summed E-state index contributed by atoms with van der Waals surface area (Å²) in [7, 11) is 2.50. The van der Waals surface area contributed by atoms with Gasteiger partial charge in [0.15, 0.2) is 10.3 Å². The summed E-state index contributed by atoms with van der Waals surface area (Å²) in [5.74, 6) is 4.11. The van der Waals surface area contributed by atoms with Crippen LogP contribution in [0.3, 0.4) is 0 Å². The molecule has 0 radical (unpaired) electrons. The molecule has 4 heterocycles. The molecule has 6 aromatic rings. The number of thiazole rings is 2. The van der Waals surface area contributed by atoms with E-state index in [1.54, 1.807) is 91.2 Å². The van der Waals surface area contributed by atoms with Crippen LogP contribution in [0.25, 0.3) is 22.5 Å². The van der Waals surface area contributed by atoms with Gasteiger partial charge in [-0.15, -0.1) is 22.7 Å². The molecule has 0 unspecified atom stereocenters. The number of sulfonamides is 2. The first-order chi connectivity index (χ1) is 30.9. The summed E-state index contributed by atoms with van der Waals surface area (Å²) in [6, 6.07) is 24.2. The first kappa shape index (κ1) is 46.4. The zero-order valence-electron chi connectivity index (χ0n) is 36.3. The molecule has 8 rings (SSSR count). The van der Waals surface area contributed by atoms with Crippen LogP contribution >= 0.6 is 22.7 Å². The van der Waals surface area contributed by atoms with Crippen molar-refractivity contribution >= 4 is 53.0 Å². The van der Waals surface area contributed by atoms with E-state index in [-0.39, 0.29) is 9.79 Å². The highest BCUT2D eigenvalue weighted by Crippen LogP contribution is 2.38. The van der Waals surface area contributed by atoms with Crippen molar-refractivity contribution in [2.75, 3.05) is 105 Å². The van der Waals surface area contributed by atoms with Gasteiger partial charge in [-0.2, -0.15) is 8.61 Å². The molecule has 64 heavy (non-hydrogen) atoms. The molecule has 0 amide bonds. The van der Waals surface area contributed by atoms with Crippen LogP contribution in [0.1, 0.15) is 0 Å². The molecular formula is C44H50N6O10S4. The molecule has 2 aliphatic rings. The van der Waals surface area contributed by atoms with E-state index in [1.807, 2.05) is 47.2 Å². The number of aromatic nitrogens is 2. The normalized spacial score (nSPS) is 14.9. The third kappa shape index (κ3) is 10.2. The minimum Gasteiger partial charge on any atom is -0.497 e. The standard InChI is InChI=1S/2C22H25N3O5S2/c1-28-16-4-7-18(8-5-16)32(26,27)25-12-10-24(11-13-25)22-23-20(15-31-22)19-14-17(29-2)6-9-21(19)30-3;1-28-16-4-7-18(8-5-16)32(26,27)25-12-10-24(11-13-25)22-23-20(15-31-22)19-9-6-17(29-2)14-21(19)30-3/h2*4-9,14-15H,10-13H2,1-3H3. The van der Waals surface area contributed by atoms with E-state index in [9.17, 15) is 16.8 Å². The minimum absolute atomic E-state index is 0.272. The summed E-state index contributed by atoms with van der Waals surface area (Å²) >= 11 is 3.06. The van der Waals surface area contributed by atoms with Crippen molar-refractivity contribution in [3.63, 3.8) is 0 Å². The number of piperazine rings is 2. The van der Waals surface area contributed by atoms with Crippen LogP contribution in [0.5, 0.6) is 34.5 Å². The Hall–Kier alpha value is -5.64. The Morgan fingerprint density at radius 2 is 0.828 bits per heavy atom. The fourth-order valence-electron chi connectivity index (χ4n) is 7.12. The highest BCUT2D eigenvalue weighted by atomic mass is 32.2. The van der Waals surface area contributed by atoms with Gasteiger partial charge in [-0.1, -0.05) is 0 Å². The molecule has 2 aliphatic heterocycles. The van der Waals surface area contributed by atoms with E-state index in [4.69, 9.17) is 38.4 Å². The molecule has 0 bridgehead atoms. The van der Waals surface area contributed by atoms with Crippen molar-refractivity contribution in [3.05, 3.63) is 95.7 Å². The lowest BCUT2D eigenvalue weighted by molar-refractivity contribution is 0.384. The molecule has 2 aromatic heterocycles. The van der Waals surface area contributed by atoms with E-state index < -0.39 is 20.0 Å². The zero-order chi connectivity index (χ0) is 45.4. The van der Waals surface area contributed by atoms with Crippen LogP contribution in [0, 0.1) is 0 Å². The second-order valence-corrected chi connectivity index (χ2v) is 19.8. The van der Waals surface area contributed by atoms with Crippen molar-refractivity contribution in [2.45, 2.75) is 9.79 Å². The van der Waals surface area contributed by atoms with Gasteiger partial charge >= 0.3 is 0 Å². The van der Waals surface area contributed by atoms with Gasteiger partial charge in [0.2, 0.25) is 20.0 Å². The molecule has 2 fully saturated rings. The van der Waals surface area contributed by atoms with Crippen molar-refractivity contribution < 1.29 is 45.3 Å². The third-order valence-corrected chi connectivity index (χ3v) is 16.4. The maximum atomic E-state index is 13.0. The number of hydrogen-bond donors (Lipinski definition) is 0. The van der Waals surface area contributed by atoms with E-state index >= 15 is 0 Å². The number of methoxy groups -OCH3 is 6. The molecule has 4 aromatic carbocycles. The Morgan fingerprint density at radius 1 is 0.438 bits per heavy atom. The van der Waals surface area contributed by atoms with Crippen LogP contribution in [0.4, 0.5) is 10.3 Å². The molecule has 340 valence electrons. The van der Waals surface area contributed by atoms with Crippen LogP contribution in [-0.2, 0) is 20.0 Å². The second kappa shape index (κ2) is 20.5. The lowest BCUT2D eigenvalue weighted by atomic mass is 10.1. The number of nitrogens with zero attached hydrogens (tertiary/aromatic N) is 6. The number of hydrogen-bond acceptors (Lipinski definition) is 16. The fraction of sp³-hybridized carbons (Fsp3) is 0.318. The quantitative estimate of drug-likeness (QED) is 0.114. The minimum atomic E-state index is -3.54. The number of rotatable bonds is 14. The maximum Gasteiger partial charge on any atom is 0.243 e. The number of anilines is 2. The van der Waals surface area contributed by atoms with Gasteiger partial charge in [-0.3, -0.25) is 0 Å². The summed E-state index contributed by atoms with van der Waals surface area (Å²) in [6.45, 7) is 3.86. The topological polar surface area (TPSA) is 162 Å². The lowest BCUT2D eigenvalue weighted by Crippen LogP contribution is -2.48. The molecule has 0 atom stereocenters. The molecule has 20 heteroatoms. The predicted molar refractivity (Wildman–Crippen MR) is 249 cm³/mol. The average Bonchev–Trinajstić information content (AvgIpc) is 4.06. The van der Waals surface area contributed by atoms with E-state index in [2.05, 4.69) is 9.80 Å². The SMILES string of the molecule is COc1ccc(S(=O)(=O)N2CCN(c3nc(-c4cc(OC)ccc4OC)cs3)CC2)cc1.COc1ccc(S(=O)(=O)N2CCN(c3nc(-c4ccc(OC)cc4OC)cs3)CC2)cc1. The molecule has 0 spiro atoms. The van der Waals surface area contributed by atoms with Gasteiger partial charge in [0.1, 0.15) is 34.5 Å². The molecular weight excluding hydrogens is 901 g/mol. The number of ether oxygens (including phenoxy) is 6. The monoisotopic (exact) mass is 950 g/mol. The maximum absolute atomic E-state index is 13.0. The van der Waals surface area contributed by atoms with Gasteiger partial charge in [-0.25, -0.2) is 26.8 Å². The van der Waals surface area contributed by atoms with Gasteiger partial charge in [0.05, 0.1) is 63.8 Å².